The minimum Gasteiger partial charge on any atom is -0.310 e. The molecule has 53 heavy (non-hydrogen) atoms. The third-order valence-corrected chi connectivity index (χ3v) is 11.2. The fourth-order valence-corrected chi connectivity index (χ4v) is 8.53. The summed E-state index contributed by atoms with van der Waals surface area (Å²) in [7, 11) is 0. The van der Waals surface area contributed by atoms with Crippen molar-refractivity contribution in [3.63, 3.8) is 0 Å². The highest BCUT2D eigenvalue weighted by atomic mass is 15.1. The van der Waals surface area contributed by atoms with Crippen LogP contribution in [0.3, 0.4) is 0 Å². The van der Waals surface area contributed by atoms with Gasteiger partial charge in [-0.3, -0.25) is 0 Å². The van der Waals surface area contributed by atoms with Gasteiger partial charge in [0.1, 0.15) is 0 Å². The number of nitrogens with zero attached hydrogens (tertiary/aromatic N) is 1. The maximum absolute atomic E-state index is 2.50. The quantitative estimate of drug-likeness (QED) is 0.162. The molecule has 1 aliphatic carbocycles. The van der Waals surface area contributed by atoms with Crippen LogP contribution in [-0.2, 0) is 5.41 Å². The van der Waals surface area contributed by atoms with E-state index in [4.69, 9.17) is 0 Å². The zero-order valence-corrected chi connectivity index (χ0v) is 30.8. The van der Waals surface area contributed by atoms with Crippen LogP contribution in [0.15, 0.2) is 182 Å². The highest BCUT2D eigenvalue weighted by Gasteiger charge is 2.37. The molecule has 0 N–H and O–H groups in total. The predicted octanol–water partition coefficient (Wildman–Crippen LogP) is 14.7. The first-order valence-electron chi connectivity index (χ1n) is 18.8. The van der Waals surface area contributed by atoms with Gasteiger partial charge in [0.2, 0.25) is 0 Å². The molecule has 0 heterocycles. The average Bonchev–Trinajstić information content (AvgIpc) is 3.44. The van der Waals surface area contributed by atoms with Crippen LogP contribution in [0.4, 0.5) is 17.1 Å². The van der Waals surface area contributed by atoms with Gasteiger partial charge in [-0.25, -0.2) is 0 Å². The van der Waals surface area contributed by atoms with E-state index in [0.717, 1.165) is 11.4 Å². The van der Waals surface area contributed by atoms with Crippen molar-refractivity contribution >= 4 is 27.8 Å². The van der Waals surface area contributed by atoms with Gasteiger partial charge in [0, 0.05) is 22.4 Å². The molecule has 0 aromatic heterocycles. The van der Waals surface area contributed by atoms with Crippen molar-refractivity contribution in [2.24, 2.45) is 0 Å². The second-order valence-corrected chi connectivity index (χ2v) is 15.2. The largest absolute Gasteiger partial charge is 0.310 e. The second kappa shape index (κ2) is 13.1. The Morgan fingerprint density at radius 1 is 0.415 bits per heavy atom. The van der Waals surface area contributed by atoms with Crippen molar-refractivity contribution in [3.8, 4) is 44.5 Å². The molecule has 1 nitrogen and oxygen atoms in total. The van der Waals surface area contributed by atoms with Gasteiger partial charge >= 0.3 is 0 Å². The Kier molecular flexibility index (Phi) is 8.09. The molecule has 8 aromatic rings. The standard InChI is InChI=1S/C52H43N/c1-35(2)43-25-13-14-26-45(43)47-32-39-21-11-12-22-40(39)33-50(47)53(41-24-15-23-38(31-41)36-17-7-5-8-18-36)42-29-30-46-49(34-42)52(3,4)48-28-16-27-44(51(46)48)37-19-9-6-10-20-37/h5-35H,1-4H3. The molecule has 0 fully saturated rings. The summed E-state index contributed by atoms with van der Waals surface area (Å²) >= 11 is 0. The first kappa shape index (κ1) is 32.7. The smallest absolute Gasteiger partial charge is 0.0546 e. The molecule has 1 heteroatoms. The van der Waals surface area contributed by atoms with Gasteiger partial charge in [-0.15, -0.1) is 0 Å². The van der Waals surface area contributed by atoms with E-state index in [2.05, 4.69) is 215 Å². The molecule has 8 aromatic carbocycles. The zero-order valence-electron chi connectivity index (χ0n) is 30.8. The summed E-state index contributed by atoms with van der Waals surface area (Å²) in [4.78, 5) is 2.50. The van der Waals surface area contributed by atoms with Crippen LogP contribution >= 0.6 is 0 Å². The maximum atomic E-state index is 2.50. The fourth-order valence-electron chi connectivity index (χ4n) is 8.53. The SMILES string of the molecule is CC(C)c1ccccc1-c1cc2ccccc2cc1N(c1cccc(-c2ccccc2)c1)c1ccc2c(c1)C(C)(C)c1cccc(-c3ccccc3)c1-2. The maximum Gasteiger partial charge on any atom is 0.0546 e. The Morgan fingerprint density at radius 3 is 1.77 bits per heavy atom. The van der Waals surface area contributed by atoms with Crippen LogP contribution in [-0.4, -0.2) is 0 Å². The van der Waals surface area contributed by atoms with Crippen LogP contribution in [0, 0.1) is 0 Å². The van der Waals surface area contributed by atoms with Gasteiger partial charge in [-0.1, -0.05) is 173 Å². The molecule has 0 atom stereocenters. The van der Waals surface area contributed by atoms with Crippen LogP contribution in [0.25, 0.3) is 55.3 Å². The fraction of sp³-hybridized carbons (Fsp3) is 0.115. The van der Waals surface area contributed by atoms with Gasteiger partial charge in [-0.2, -0.15) is 0 Å². The highest BCUT2D eigenvalue weighted by molar-refractivity contribution is 6.00. The van der Waals surface area contributed by atoms with E-state index in [9.17, 15) is 0 Å². The van der Waals surface area contributed by atoms with E-state index < -0.39 is 0 Å². The minimum atomic E-state index is -0.181. The molecule has 0 bridgehead atoms. The molecule has 0 saturated carbocycles. The molecule has 0 radical (unpaired) electrons. The van der Waals surface area contributed by atoms with Crippen LogP contribution < -0.4 is 4.90 Å². The molecule has 0 unspecified atom stereocenters. The summed E-state index contributed by atoms with van der Waals surface area (Å²) < 4.78 is 0. The summed E-state index contributed by atoms with van der Waals surface area (Å²) in [5.74, 6) is 0.374. The number of anilines is 3. The number of hydrogen-bond acceptors (Lipinski definition) is 1. The van der Waals surface area contributed by atoms with Crippen molar-refractivity contribution in [2.75, 3.05) is 4.90 Å². The first-order chi connectivity index (χ1) is 25.9. The van der Waals surface area contributed by atoms with Crippen LogP contribution in [0.5, 0.6) is 0 Å². The average molecular weight is 682 g/mol. The van der Waals surface area contributed by atoms with Gasteiger partial charge in [0.15, 0.2) is 0 Å². The van der Waals surface area contributed by atoms with Crippen LogP contribution in [0.1, 0.15) is 50.3 Å². The number of fused-ring (bicyclic) bond motifs is 4. The van der Waals surface area contributed by atoms with Crippen molar-refractivity contribution in [2.45, 2.75) is 39.0 Å². The van der Waals surface area contributed by atoms with Gasteiger partial charge in [0.25, 0.3) is 0 Å². The second-order valence-electron chi connectivity index (χ2n) is 15.2. The van der Waals surface area contributed by atoms with Gasteiger partial charge in [-0.05, 0) is 109 Å². The lowest BCUT2D eigenvalue weighted by Gasteiger charge is -2.31. The molecular weight excluding hydrogens is 639 g/mol. The molecule has 256 valence electrons. The summed E-state index contributed by atoms with van der Waals surface area (Å²) in [6.45, 7) is 9.36. The number of rotatable bonds is 7. The van der Waals surface area contributed by atoms with Gasteiger partial charge in [0.05, 0.1) is 5.69 Å². The van der Waals surface area contributed by atoms with E-state index in [1.165, 1.54) is 77.7 Å². The van der Waals surface area contributed by atoms with Crippen molar-refractivity contribution < 1.29 is 0 Å². The molecule has 0 saturated heterocycles. The summed E-state index contributed by atoms with van der Waals surface area (Å²) in [6.07, 6.45) is 0. The van der Waals surface area contributed by atoms with E-state index in [1.54, 1.807) is 0 Å². The third kappa shape index (κ3) is 5.65. The molecule has 0 spiro atoms. The van der Waals surface area contributed by atoms with E-state index in [1.807, 2.05) is 0 Å². The monoisotopic (exact) mass is 681 g/mol. The topological polar surface area (TPSA) is 3.24 Å². The Labute approximate surface area is 313 Å². The lowest BCUT2D eigenvalue weighted by molar-refractivity contribution is 0.660. The van der Waals surface area contributed by atoms with E-state index >= 15 is 0 Å². The Bertz CT molecular complexity index is 2610. The Morgan fingerprint density at radius 2 is 1.02 bits per heavy atom. The van der Waals surface area contributed by atoms with E-state index in [0.29, 0.717) is 5.92 Å². The highest BCUT2D eigenvalue weighted by Crippen LogP contribution is 2.54. The van der Waals surface area contributed by atoms with E-state index in [-0.39, 0.29) is 5.41 Å². The normalized spacial score (nSPS) is 12.8. The Balaban J connectivity index is 1.32. The van der Waals surface area contributed by atoms with Crippen molar-refractivity contribution in [1.82, 2.24) is 0 Å². The summed E-state index contributed by atoms with van der Waals surface area (Å²) in [5, 5.41) is 2.46. The lowest BCUT2D eigenvalue weighted by Crippen LogP contribution is -2.17. The predicted molar refractivity (Wildman–Crippen MR) is 227 cm³/mol. The molecule has 0 amide bonds. The molecular formula is C52H43N. The zero-order chi connectivity index (χ0) is 36.1. The lowest BCUT2D eigenvalue weighted by atomic mass is 9.81. The van der Waals surface area contributed by atoms with Gasteiger partial charge < -0.3 is 4.90 Å². The number of benzene rings is 8. The minimum absolute atomic E-state index is 0.181. The van der Waals surface area contributed by atoms with Crippen molar-refractivity contribution in [3.05, 3.63) is 199 Å². The summed E-state index contributed by atoms with van der Waals surface area (Å²) in [5.41, 5.74) is 17.4. The molecule has 9 rings (SSSR count). The molecule has 1 aliphatic rings. The third-order valence-electron chi connectivity index (χ3n) is 11.2. The number of hydrogen-bond donors (Lipinski definition) is 0. The summed E-state index contributed by atoms with van der Waals surface area (Å²) in [6, 6.07) is 67.1. The first-order valence-corrected chi connectivity index (χ1v) is 18.8. The van der Waals surface area contributed by atoms with Crippen molar-refractivity contribution in [1.29, 1.82) is 0 Å². The van der Waals surface area contributed by atoms with Crippen LogP contribution in [0.2, 0.25) is 0 Å². The molecule has 0 aliphatic heterocycles. The Hall–Kier alpha value is -6.18.